The molecule has 76 valence electrons. The summed E-state index contributed by atoms with van der Waals surface area (Å²) in [5.41, 5.74) is 5.17. The van der Waals surface area contributed by atoms with Crippen LogP contribution in [-0.4, -0.2) is 31.2 Å². The number of hydrogen-bond donors (Lipinski definition) is 2. The molecule has 0 bridgehead atoms. The Balaban J connectivity index is 2.32. The fraction of sp³-hybridized carbons (Fsp3) is 0.889. The molecule has 0 heterocycles. The van der Waals surface area contributed by atoms with Gasteiger partial charge in [0.1, 0.15) is 0 Å². The first-order valence-electron chi connectivity index (χ1n) is 4.71. The van der Waals surface area contributed by atoms with E-state index in [2.05, 4.69) is 5.32 Å². The fourth-order valence-corrected chi connectivity index (χ4v) is 1.15. The molecule has 0 spiro atoms. The number of rotatable bonds is 5. The summed E-state index contributed by atoms with van der Waals surface area (Å²) in [5, 5.41) is 2.88. The fourth-order valence-electron chi connectivity index (χ4n) is 1.15. The van der Waals surface area contributed by atoms with Crippen LogP contribution in [0, 0.1) is 0 Å². The number of nitrogens with two attached hydrogens (primary N) is 1. The van der Waals surface area contributed by atoms with Crippen molar-refractivity contribution in [1.29, 1.82) is 0 Å². The van der Waals surface area contributed by atoms with Crippen LogP contribution in [0.1, 0.15) is 26.2 Å². The van der Waals surface area contributed by atoms with E-state index in [1.165, 1.54) is 0 Å². The molecule has 3 N–H and O–H groups in total. The van der Waals surface area contributed by atoms with Gasteiger partial charge < -0.3 is 15.8 Å². The monoisotopic (exact) mass is 186 g/mol. The van der Waals surface area contributed by atoms with Crippen molar-refractivity contribution >= 4 is 5.91 Å². The van der Waals surface area contributed by atoms with Crippen molar-refractivity contribution in [1.82, 2.24) is 5.32 Å². The van der Waals surface area contributed by atoms with Crippen LogP contribution in [0.25, 0.3) is 0 Å². The van der Waals surface area contributed by atoms with Gasteiger partial charge in [-0.15, -0.1) is 0 Å². The van der Waals surface area contributed by atoms with Crippen LogP contribution in [0.15, 0.2) is 0 Å². The predicted octanol–water partition coefficient (Wildman–Crippen LogP) is 0.0189. The van der Waals surface area contributed by atoms with Crippen molar-refractivity contribution < 1.29 is 9.53 Å². The third kappa shape index (κ3) is 2.67. The van der Waals surface area contributed by atoms with E-state index in [-0.39, 0.29) is 11.9 Å². The summed E-state index contributed by atoms with van der Waals surface area (Å²) in [6.45, 7) is 2.57. The van der Waals surface area contributed by atoms with Crippen molar-refractivity contribution in [3.05, 3.63) is 0 Å². The Morgan fingerprint density at radius 3 is 2.69 bits per heavy atom. The van der Waals surface area contributed by atoms with Crippen molar-refractivity contribution in [2.45, 2.75) is 37.8 Å². The van der Waals surface area contributed by atoms with Crippen LogP contribution in [0.5, 0.6) is 0 Å². The highest BCUT2D eigenvalue weighted by Crippen LogP contribution is 2.32. The molecule has 4 nitrogen and oxygen atoms in total. The molecule has 1 aliphatic rings. The molecule has 0 radical (unpaired) electrons. The summed E-state index contributed by atoms with van der Waals surface area (Å²) in [6.07, 6.45) is 2.49. The van der Waals surface area contributed by atoms with E-state index in [0.717, 1.165) is 19.3 Å². The minimum absolute atomic E-state index is 0.0311. The SMILES string of the molecule is CCC(COC)NC(=O)C1(N)CC1. The molecule has 0 aromatic heterocycles. The maximum Gasteiger partial charge on any atom is 0.240 e. The molecule has 1 aliphatic carbocycles. The van der Waals surface area contributed by atoms with Gasteiger partial charge in [-0.1, -0.05) is 6.92 Å². The van der Waals surface area contributed by atoms with Gasteiger partial charge in [-0.25, -0.2) is 0 Å². The summed E-state index contributed by atoms with van der Waals surface area (Å²) >= 11 is 0. The largest absolute Gasteiger partial charge is 0.383 e. The summed E-state index contributed by atoms with van der Waals surface area (Å²) in [5.74, 6) is -0.0311. The molecule has 4 heteroatoms. The standard InChI is InChI=1S/C9H18N2O2/c1-3-7(6-13-2)11-8(12)9(10)4-5-9/h7H,3-6,10H2,1-2H3,(H,11,12). The molecule has 1 rings (SSSR count). The minimum atomic E-state index is -0.568. The molecular formula is C9H18N2O2. The van der Waals surface area contributed by atoms with Crippen molar-refractivity contribution in [3.8, 4) is 0 Å². The lowest BCUT2D eigenvalue weighted by Crippen LogP contribution is -2.48. The topological polar surface area (TPSA) is 64.3 Å². The minimum Gasteiger partial charge on any atom is -0.383 e. The number of ether oxygens (including phenoxy) is 1. The van der Waals surface area contributed by atoms with Crippen molar-refractivity contribution in [3.63, 3.8) is 0 Å². The van der Waals surface area contributed by atoms with Crippen molar-refractivity contribution in [2.24, 2.45) is 5.73 Å². The maximum atomic E-state index is 11.5. The van der Waals surface area contributed by atoms with Crippen molar-refractivity contribution in [2.75, 3.05) is 13.7 Å². The molecule has 1 unspecified atom stereocenters. The first-order chi connectivity index (χ1) is 6.12. The zero-order chi connectivity index (χ0) is 9.90. The average molecular weight is 186 g/mol. The first kappa shape index (κ1) is 10.5. The normalized spacial score (nSPS) is 20.8. The lowest BCUT2D eigenvalue weighted by Gasteiger charge is -2.18. The van der Waals surface area contributed by atoms with Crippen LogP contribution in [-0.2, 0) is 9.53 Å². The van der Waals surface area contributed by atoms with E-state index in [4.69, 9.17) is 10.5 Å². The van der Waals surface area contributed by atoms with Gasteiger partial charge in [0.05, 0.1) is 18.2 Å². The molecule has 13 heavy (non-hydrogen) atoms. The number of nitrogens with one attached hydrogen (secondary N) is 1. The Labute approximate surface area is 78.8 Å². The van der Waals surface area contributed by atoms with E-state index in [9.17, 15) is 4.79 Å². The maximum absolute atomic E-state index is 11.5. The van der Waals surface area contributed by atoms with Gasteiger partial charge in [0, 0.05) is 7.11 Å². The van der Waals surface area contributed by atoms with E-state index in [1.54, 1.807) is 7.11 Å². The van der Waals surface area contributed by atoms with Gasteiger partial charge in [-0.2, -0.15) is 0 Å². The highest BCUT2D eigenvalue weighted by Gasteiger charge is 2.46. The lowest BCUT2D eigenvalue weighted by atomic mass is 10.2. The summed E-state index contributed by atoms with van der Waals surface area (Å²) in [7, 11) is 1.63. The molecule has 1 amide bonds. The Bertz CT molecular complexity index is 190. The van der Waals surface area contributed by atoms with Gasteiger partial charge in [0.25, 0.3) is 0 Å². The molecule has 0 saturated heterocycles. The second-order valence-electron chi connectivity index (χ2n) is 3.69. The number of amides is 1. The number of methoxy groups -OCH3 is 1. The van der Waals surface area contributed by atoms with Gasteiger partial charge in [0.15, 0.2) is 0 Å². The zero-order valence-corrected chi connectivity index (χ0v) is 8.30. The second-order valence-corrected chi connectivity index (χ2v) is 3.69. The highest BCUT2D eigenvalue weighted by molar-refractivity contribution is 5.89. The van der Waals surface area contributed by atoms with Crippen LogP contribution < -0.4 is 11.1 Å². The van der Waals surface area contributed by atoms with Gasteiger partial charge in [0.2, 0.25) is 5.91 Å². The molecule has 1 saturated carbocycles. The Hall–Kier alpha value is -0.610. The smallest absolute Gasteiger partial charge is 0.240 e. The van der Waals surface area contributed by atoms with Crippen LogP contribution in [0.2, 0.25) is 0 Å². The molecule has 0 aromatic carbocycles. The average Bonchev–Trinajstić information content (AvgIpc) is 2.84. The Morgan fingerprint density at radius 1 is 1.69 bits per heavy atom. The summed E-state index contributed by atoms with van der Waals surface area (Å²) in [6, 6.07) is 0.0959. The third-order valence-corrected chi connectivity index (χ3v) is 2.44. The number of carbonyl (C=O) groups excluding carboxylic acids is 1. The third-order valence-electron chi connectivity index (χ3n) is 2.44. The molecule has 0 aromatic rings. The molecule has 1 fully saturated rings. The van der Waals surface area contributed by atoms with E-state index >= 15 is 0 Å². The first-order valence-corrected chi connectivity index (χ1v) is 4.71. The Kier molecular flexibility index (Phi) is 3.27. The predicted molar refractivity (Wildman–Crippen MR) is 50.3 cm³/mol. The number of hydrogen-bond acceptors (Lipinski definition) is 3. The van der Waals surface area contributed by atoms with Gasteiger partial charge >= 0.3 is 0 Å². The van der Waals surface area contributed by atoms with E-state index < -0.39 is 5.54 Å². The molecule has 1 atom stereocenters. The lowest BCUT2D eigenvalue weighted by molar-refractivity contribution is -0.124. The van der Waals surface area contributed by atoms with E-state index in [0.29, 0.717) is 6.61 Å². The van der Waals surface area contributed by atoms with Gasteiger partial charge in [-0.05, 0) is 19.3 Å². The van der Waals surface area contributed by atoms with Gasteiger partial charge in [-0.3, -0.25) is 4.79 Å². The van der Waals surface area contributed by atoms with Crippen LogP contribution in [0.3, 0.4) is 0 Å². The summed E-state index contributed by atoms with van der Waals surface area (Å²) in [4.78, 5) is 11.5. The summed E-state index contributed by atoms with van der Waals surface area (Å²) < 4.78 is 4.97. The highest BCUT2D eigenvalue weighted by atomic mass is 16.5. The second kappa shape index (κ2) is 4.07. The van der Waals surface area contributed by atoms with E-state index in [1.807, 2.05) is 6.92 Å². The quantitative estimate of drug-likeness (QED) is 0.636. The van der Waals surface area contributed by atoms with Crippen LogP contribution in [0.4, 0.5) is 0 Å². The molecule has 0 aliphatic heterocycles. The Morgan fingerprint density at radius 2 is 2.31 bits per heavy atom. The zero-order valence-electron chi connectivity index (χ0n) is 8.30. The number of carbonyl (C=O) groups is 1. The molecular weight excluding hydrogens is 168 g/mol. The van der Waals surface area contributed by atoms with Crippen LogP contribution >= 0.6 is 0 Å².